The Labute approximate surface area is 126 Å². The molecular formula is C12H10F3N5O3. The van der Waals surface area contributed by atoms with Crippen molar-refractivity contribution in [2.75, 3.05) is 13.1 Å². The summed E-state index contributed by atoms with van der Waals surface area (Å²) in [5.74, 6) is -1.81. The minimum Gasteiger partial charge on any atom is -0.332 e. The summed E-state index contributed by atoms with van der Waals surface area (Å²) in [6.07, 6.45) is -1.66. The van der Waals surface area contributed by atoms with Crippen molar-refractivity contribution in [1.29, 1.82) is 0 Å². The Morgan fingerprint density at radius 1 is 1.26 bits per heavy atom. The molecule has 0 aromatic carbocycles. The maximum absolute atomic E-state index is 12.5. The van der Waals surface area contributed by atoms with Crippen LogP contribution >= 0.6 is 0 Å². The number of halogens is 3. The molecule has 1 saturated heterocycles. The van der Waals surface area contributed by atoms with Crippen molar-refractivity contribution in [2.45, 2.75) is 18.6 Å². The first kappa shape index (κ1) is 15.2. The summed E-state index contributed by atoms with van der Waals surface area (Å²) in [5, 5.41) is 3.52. The van der Waals surface area contributed by atoms with E-state index in [1.165, 1.54) is 18.5 Å². The van der Waals surface area contributed by atoms with Crippen molar-refractivity contribution in [1.82, 2.24) is 24.6 Å². The molecule has 8 nitrogen and oxygen atoms in total. The van der Waals surface area contributed by atoms with Gasteiger partial charge in [-0.1, -0.05) is 5.16 Å². The number of likely N-dealkylation sites (tertiary alicyclic amines) is 1. The standard InChI is InChI=1S/C12H10F3N5O3/c13-12(14,15)6-19-5-2-7(10(19)21)20-9(18-23-11(20)22)8-16-3-1-4-17-8/h1,3-4,7H,2,5-6H2/t7-/m0/s1. The Morgan fingerprint density at radius 3 is 2.61 bits per heavy atom. The number of carbonyl (C=O) groups is 1. The first-order valence-corrected chi connectivity index (χ1v) is 6.58. The molecule has 0 bridgehead atoms. The van der Waals surface area contributed by atoms with Gasteiger partial charge in [-0.25, -0.2) is 19.3 Å². The van der Waals surface area contributed by atoms with Crippen LogP contribution in [0.3, 0.4) is 0 Å². The lowest BCUT2D eigenvalue weighted by molar-refractivity contribution is -0.158. The summed E-state index contributed by atoms with van der Waals surface area (Å²) in [4.78, 5) is 32.4. The molecule has 1 amide bonds. The van der Waals surface area contributed by atoms with Crippen LogP contribution in [0.5, 0.6) is 0 Å². The molecule has 0 saturated carbocycles. The highest BCUT2D eigenvalue weighted by molar-refractivity contribution is 5.83. The second-order valence-electron chi connectivity index (χ2n) is 4.89. The molecule has 1 aliphatic heterocycles. The van der Waals surface area contributed by atoms with Crippen LogP contribution in [-0.4, -0.2) is 49.8 Å². The van der Waals surface area contributed by atoms with Gasteiger partial charge in [0, 0.05) is 18.9 Å². The predicted molar refractivity (Wildman–Crippen MR) is 68.1 cm³/mol. The summed E-state index contributed by atoms with van der Waals surface area (Å²) >= 11 is 0. The van der Waals surface area contributed by atoms with Gasteiger partial charge < -0.3 is 4.90 Å². The summed E-state index contributed by atoms with van der Waals surface area (Å²) in [6.45, 7) is -1.48. The molecular weight excluding hydrogens is 319 g/mol. The van der Waals surface area contributed by atoms with E-state index in [0.717, 1.165) is 4.57 Å². The number of carbonyl (C=O) groups excluding carboxylic acids is 1. The number of aromatic nitrogens is 4. The fraction of sp³-hybridized carbons (Fsp3) is 0.417. The van der Waals surface area contributed by atoms with Crippen LogP contribution in [0.2, 0.25) is 0 Å². The van der Waals surface area contributed by atoms with E-state index >= 15 is 0 Å². The lowest BCUT2D eigenvalue weighted by atomic mass is 10.2. The van der Waals surface area contributed by atoms with E-state index in [1.807, 2.05) is 0 Å². The van der Waals surface area contributed by atoms with Crippen LogP contribution in [0.25, 0.3) is 11.6 Å². The van der Waals surface area contributed by atoms with Gasteiger partial charge in [0.05, 0.1) is 0 Å². The van der Waals surface area contributed by atoms with Crippen molar-refractivity contribution >= 4 is 5.91 Å². The predicted octanol–water partition coefficient (Wildman–Crippen LogP) is 0.629. The van der Waals surface area contributed by atoms with E-state index in [9.17, 15) is 22.8 Å². The number of hydrogen-bond acceptors (Lipinski definition) is 6. The summed E-state index contributed by atoms with van der Waals surface area (Å²) in [6, 6.07) is 0.424. The van der Waals surface area contributed by atoms with E-state index in [0.29, 0.717) is 4.90 Å². The zero-order chi connectivity index (χ0) is 16.6. The minimum atomic E-state index is -4.50. The molecule has 1 atom stereocenters. The van der Waals surface area contributed by atoms with Gasteiger partial charge in [-0.15, -0.1) is 0 Å². The van der Waals surface area contributed by atoms with Crippen molar-refractivity contribution in [2.24, 2.45) is 0 Å². The highest BCUT2D eigenvalue weighted by atomic mass is 19.4. The lowest BCUT2D eigenvalue weighted by Gasteiger charge is -2.18. The third-order valence-corrected chi connectivity index (χ3v) is 3.35. The molecule has 0 aliphatic carbocycles. The van der Waals surface area contributed by atoms with Crippen molar-refractivity contribution in [3.63, 3.8) is 0 Å². The molecule has 2 aromatic heterocycles. The monoisotopic (exact) mass is 329 g/mol. The van der Waals surface area contributed by atoms with E-state index in [-0.39, 0.29) is 24.6 Å². The second-order valence-corrected chi connectivity index (χ2v) is 4.89. The molecule has 11 heteroatoms. The highest BCUT2D eigenvalue weighted by Crippen LogP contribution is 2.28. The Bertz CT molecular complexity index is 770. The first-order valence-electron chi connectivity index (χ1n) is 6.58. The fourth-order valence-electron chi connectivity index (χ4n) is 2.43. The van der Waals surface area contributed by atoms with Crippen LogP contribution in [0.1, 0.15) is 12.5 Å². The average Bonchev–Trinajstić information content (AvgIpc) is 3.03. The van der Waals surface area contributed by atoms with Crippen LogP contribution in [0, 0.1) is 0 Å². The summed E-state index contributed by atoms with van der Waals surface area (Å²) < 4.78 is 42.8. The molecule has 3 heterocycles. The van der Waals surface area contributed by atoms with Crippen molar-refractivity contribution in [3.05, 3.63) is 29.0 Å². The molecule has 1 fully saturated rings. The molecule has 0 N–H and O–H groups in total. The van der Waals surface area contributed by atoms with Gasteiger partial charge in [0.15, 0.2) is 5.82 Å². The van der Waals surface area contributed by atoms with Gasteiger partial charge in [-0.05, 0) is 12.5 Å². The van der Waals surface area contributed by atoms with E-state index in [1.54, 1.807) is 0 Å². The molecule has 1 aliphatic rings. The molecule has 23 heavy (non-hydrogen) atoms. The van der Waals surface area contributed by atoms with Gasteiger partial charge in [-0.2, -0.15) is 13.2 Å². The van der Waals surface area contributed by atoms with Gasteiger partial charge >= 0.3 is 11.9 Å². The third-order valence-electron chi connectivity index (χ3n) is 3.35. The number of alkyl halides is 3. The Morgan fingerprint density at radius 2 is 1.96 bits per heavy atom. The largest absolute Gasteiger partial charge is 0.442 e. The van der Waals surface area contributed by atoms with Crippen LogP contribution in [-0.2, 0) is 4.79 Å². The minimum absolute atomic E-state index is 0.0376. The Hall–Kier alpha value is -2.72. The quantitative estimate of drug-likeness (QED) is 0.820. The van der Waals surface area contributed by atoms with Crippen LogP contribution < -0.4 is 5.76 Å². The molecule has 2 aromatic rings. The molecule has 0 spiro atoms. The number of amides is 1. The maximum Gasteiger partial charge on any atom is 0.442 e. The molecule has 0 radical (unpaired) electrons. The second kappa shape index (κ2) is 5.48. The van der Waals surface area contributed by atoms with E-state index in [4.69, 9.17) is 0 Å². The maximum atomic E-state index is 12.5. The zero-order valence-corrected chi connectivity index (χ0v) is 11.5. The topological polar surface area (TPSA) is 94.1 Å². The first-order chi connectivity index (χ1) is 10.9. The van der Waals surface area contributed by atoms with Gasteiger partial charge in [-0.3, -0.25) is 9.32 Å². The normalized spacial score (nSPS) is 18.7. The van der Waals surface area contributed by atoms with Crippen molar-refractivity contribution < 1.29 is 22.5 Å². The zero-order valence-electron chi connectivity index (χ0n) is 11.5. The molecule has 122 valence electrons. The number of nitrogens with zero attached hydrogens (tertiary/aromatic N) is 5. The Balaban J connectivity index is 1.93. The lowest BCUT2D eigenvalue weighted by Crippen LogP contribution is -2.37. The van der Waals surface area contributed by atoms with Gasteiger partial charge in [0.2, 0.25) is 11.7 Å². The molecule has 3 rings (SSSR count). The van der Waals surface area contributed by atoms with Gasteiger partial charge in [0.25, 0.3) is 0 Å². The van der Waals surface area contributed by atoms with E-state index < -0.39 is 30.4 Å². The van der Waals surface area contributed by atoms with Gasteiger partial charge in [0.1, 0.15) is 12.6 Å². The molecule has 0 unspecified atom stereocenters. The van der Waals surface area contributed by atoms with Crippen LogP contribution in [0.15, 0.2) is 27.8 Å². The smallest absolute Gasteiger partial charge is 0.332 e. The highest BCUT2D eigenvalue weighted by Gasteiger charge is 2.42. The fourth-order valence-corrected chi connectivity index (χ4v) is 2.43. The SMILES string of the molecule is O=C1[C@@H](n2c(-c3ncccn3)noc2=O)CCN1CC(F)(F)F. The average molecular weight is 329 g/mol. The third kappa shape index (κ3) is 2.94. The van der Waals surface area contributed by atoms with Crippen molar-refractivity contribution in [3.8, 4) is 11.6 Å². The Kier molecular flexibility index (Phi) is 3.62. The van der Waals surface area contributed by atoms with Crippen LogP contribution in [0.4, 0.5) is 13.2 Å². The van der Waals surface area contributed by atoms with E-state index in [2.05, 4.69) is 19.6 Å². The number of rotatable bonds is 3. The summed E-state index contributed by atoms with van der Waals surface area (Å²) in [5.41, 5.74) is 0. The summed E-state index contributed by atoms with van der Waals surface area (Å²) in [7, 11) is 0. The number of hydrogen-bond donors (Lipinski definition) is 0.